The van der Waals surface area contributed by atoms with E-state index in [0.717, 1.165) is 15.8 Å². The second-order valence-electron chi connectivity index (χ2n) is 6.00. The molecule has 1 aromatic heterocycles. The van der Waals surface area contributed by atoms with Gasteiger partial charge in [0.05, 0.1) is 16.8 Å². The standard InChI is InChI=1S/C21H14Cl2N2OS/c22-16-10-15(11-17(23)12-16)20(26)25(13-14-6-2-1-3-7-14)21-24-18-8-4-5-9-19(18)27-21/h1-12H,13H2. The Balaban J connectivity index is 1.78. The molecule has 0 saturated heterocycles. The number of para-hydroxylation sites is 1. The number of nitrogens with zero attached hydrogens (tertiary/aromatic N) is 2. The van der Waals surface area contributed by atoms with Crippen LogP contribution < -0.4 is 4.90 Å². The highest BCUT2D eigenvalue weighted by molar-refractivity contribution is 7.22. The molecule has 0 atom stereocenters. The van der Waals surface area contributed by atoms with E-state index in [4.69, 9.17) is 23.2 Å². The van der Waals surface area contributed by atoms with Gasteiger partial charge >= 0.3 is 0 Å². The van der Waals surface area contributed by atoms with Gasteiger partial charge in [-0.1, -0.05) is 77.0 Å². The molecular formula is C21H14Cl2N2OS. The first kappa shape index (κ1) is 18.0. The van der Waals surface area contributed by atoms with Crippen LogP contribution in [0.3, 0.4) is 0 Å². The summed E-state index contributed by atoms with van der Waals surface area (Å²) in [5.41, 5.74) is 2.31. The lowest BCUT2D eigenvalue weighted by atomic mass is 10.1. The van der Waals surface area contributed by atoms with Gasteiger partial charge in [-0.25, -0.2) is 4.98 Å². The van der Waals surface area contributed by atoms with E-state index in [-0.39, 0.29) is 5.91 Å². The monoisotopic (exact) mass is 412 g/mol. The van der Waals surface area contributed by atoms with Crippen molar-refractivity contribution in [3.8, 4) is 0 Å². The zero-order valence-electron chi connectivity index (χ0n) is 14.1. The van der Waals surface area contributed by atoms with Crippen molar-refractivity contribution in [2.24, 2.45) is 0 Å². The number of thiazole rings is 1. The molecule has 3 nitrogen and oxygen atoms in total. The van der Waals surface area contributed by atoms with Crippen LogP contribution >= 0.6 is 34.5 Å². The van der Waals surface area contributed by atoms with Gasteiger partial charge in [0.15, 0.2) is 5.13 Å². The number of carbonyl (C=O) groups excluding carboxylic acids is 1. The van der Waals surface area contributed by atoms with Crippen molar-refractivity contribution in [2.75, 3.05) is 4.90 Å². The molecule has 0 aliphatic rings. The minimum absolute atomic E-state index is 0.192. The van der Waals surface area contributed by atoms with Crippen LogP contribution in [0.15, 0.2) is 72.8 Å². The van der Waals surface area contributed by atoms with E-state index >= 15 is 0 Å². The molecule has 0 aliphatic heterocycles. The summed E-state index contributed by atoms with van der Waals surface area (Å²) in [6, 6.07) is 22.5. The summed E-state index contributed by atoms with van der Waals surface area (Å²) < 4.78 is 1.03. The third-order valence-corrected chi connectivity index (χ3v) is 5.55. The van der Waals surface area contributed by atoms with Crippen LogP contribution in [0.2, 0.25) is 10.0 Å². The molecule has 27 heavy (non-hydrogen) atoms. The van der Waals surface area contributed by atoms with Crippen LogP contribution in [0.4, 0.5) is 5.13 Å². The number of amides is 1. The molecule has 1 amide bonds. The molecule has 3 aromatic carbocycles. The van der Waals surface area contributed by atoms with Crippen molar-refractivity contribution < 1.29 is 4.79 Å². The van der Waals surface area contributed by atoms with Crippen molar-refractivity contribution in [2.45, 2.75) is 6.54 Å². The number of fused-ring (bicyclic) bond motifs is 1. The van der Waals surface area contributed by atoms with Crippen LogP contribution in [0.5, 0.6) is 0 Å². The zero-order valence-corrected chi connectivity index (χ0v) is 16.4. The summed E-state index contributed by atoms with van der Waals surface area (Å²) in [5.74, 6) is -0.192. The maximum Gasteiger partial charge on any atom is 0.260 e. The zero-order chi connectivity index (χ0) is 18.8. The number of hydrogen-bond donors (Lipinski definition) is 0. The Kier molecular flexibility index (Phi) is 5.12. The lowest BCUT2D eigenvalue weighted by molar-refractivity contribution is 0.0985. The fourth-order valence-corrected chi connectivity index (χ4v) is 4.29. The molecule has 4 aromatic rings. The molecule has 0 radical (unpaired) electrons. The summed E-state index contributed by atoms with van der Waals surface area (Å²) in [7, 11) is 0. The van der Waals surface area contributed by atoms with Crippen molar-refractivity contribution >= 4 is 55.8 Å². The van der Waals surface area contributed by atoms with Gasteiger partial charge in [0.1, 0.15) is 0 Å². The summed E-state index contributed by atoms with van der Waals surface area (Å²) in [6.45, 7) is 0.406. The third-order valence-electron chi connectivity index (χ3n) is 4.05. The molecule has 0 spiro atoms. The first-order valence-electron chi connectivity index (χ1n) is 8.27. The first-order chi connectivity index (χ1) is 13.1. The number of carbonyl (C=O) groups is 1. The predicted octanol–water partition coefficient (Wildman–Crippen LogP) is 6.45. The van der Waals surface area contributed by atoms with E-state index in [1.807, 2.05) is 54.6 Å². The number of hydrogen-bond acceptors (Lipinski definition) is 3. The SMILES string of the molecule is O=C(c1cc(Cl)cc(Cl)c1)N(Cc1ccccc1)c1nc2ccccc2s1. The Morgan fingerprint density at radius 2 is 1.59 bits per heavy atom. The minimum atomic E-state index is -0.192. The van der Waals surface area contributed by atoms with Gasteiger partial charge in [-0.2, -0.15) is 0 Å². The molecule has 4 rings (SSSR count). The predicted molar refractivity (Wildman–Crippen MR) is 113 cm³/mol. The highest BCUT2D eigenvalue weighted by atomic mass is 35.5. The van der Waals surface area contributed by atoms with Gasteiger partial charge in [-0.3, -0.25) is 9.69 Å². The van der Waals surface area contributed by atoms with Gasteiger partial charge in [-0.05, 0) is 35.9 Å². The molecule has 0 bridgehead atoms. The van der Waals surface area contributed by atoms with Crippen LogP contribution in [0, 0.1) is 0 Å². The minimum Gasteiger partial charge on any atom is -0.279 e. The Hall–Kier alpha value is -2.40. The van der Waals surface area contributed by atoms with Gasteiger partial charge in [0.2, 0.25) is 0 Å². The van der Waals surface area contributed by atoms with Crippen molar-refractivity contribution in [1.29, 1.82) is 0 Å². The Morgan fingerprint density at radius 3 is 2.30 bits per heavy atom. The van der Waals surface area contributed by atoms with E-state index in [0.29, 0.717) is 27.3 Å². The summed E-state index contributed by atoms with van der Waals surface area (Å²) >= 11 is 13.7. The summed E-state index contributed by atoms with van der Waals surface area (Å²) in [6.07, 6.45) is 0. The number of anilines is 1. The van der Waals surface area contributed by atoms with Crippen LogP contribution in [0.25, 0.3) is 10.2 Å². The largest absolute Gasteiger partial charge is 0.279 e. The second kappa shape index (κ2) is 7.69. The number of halogens is 2. The molecule has 0 unspecified atom stereocenters. The average Bonchev–Trinajstić information content (AvgIpc) is 3.09. The van der Waals surface area contributed by atoms with E-state index in [2.05, 4.69) is 4.98 Å². The van der Waals surface area contributed by atoms with Gasteiger partial charge < -0.3 is 0 Å². The van der Waals surface area contributed by atoms with Crippen LogP contribution in [-0.4, -0.2) is 10.9 Å². The lowest BCUT2D eigenvalue weighted by Gasteiger charge is -2.20. The van der Waals surface area contributed by atoms with Crippen molar-refractivity contribution in [3.05, 3.63) is 94.0 Å². The Morgan fingerprint density at radius 1 is 0.926 bits per heavy atom. The summed E-state index contributed by atoms with van der Waals surface area (Å²) in [4.78, 5) is 19.6. The van der Waals surface area contributed by atoms with Crippen LogP contribution in [-0.2, 0) is 6.54 Å². The third kappa shape index (κ3) is 3.98. The highest BCUT2D eigenvalue weighted by Gasteiger charge is 2.22. The number of aromatic nitrogens is 1. The fourth-order valence-electron chi connectivity index (χ4n) is 2.80. The maximum absolute atomic E-state index is 13.3. The van der Waals surface area contributed by atoms with E-state index in [9.17, 15) is 4.79 Å². The fraction of sp³-hybridized carbons (Fsp3) is 0.0476. The molecule has 0 N–H and O–H groups in total. The van der Waals surface area contributed by atoms with Gasteiger partial charge in [0, 0.05) is 15.6 Å². The van der Waals surface area contributed by atoms with Crippen molar-refractivity contribution in [3.63, 3.8) is 0 Å². The smallest absolute Gasteiger partial charge is 0.260 e. The first-order valence-corrected chi connectivity index (χ1v) is 9.85. The lowest BCUT2D eigenvalue weighted by Crippen LogP contribution is -2.30. The summed E-state index contributed by atoms with van der Waals surface area (Å²) in [5, 5.41) is 1.49. The molecule has 6 heteroatoms. The molecule has 1 heterocycles. The van der Waals surface area contributed by atoms with E-state index in [1.165, 1.54) is 11.3 Å². The quantitative estimate of drug-likeness (QED) is 0.385. The molecule has 0 fully saturated rings. The molecule has 0 aliphatic carbocycles. The molecule has 134 valence electrons. The maximum atomic E-state index is 13.3. The second-order valence-corrected chi connectivity index (χ2v) is 7.88. The Labute approximate surface area is 170 Å². The molecular weight excluding hydrogens is 399 g/mol. The topological polar surface area (TPSA) is 33.2 Å². The van der Waals surface area contributed by atoms with Crippen LogP contribution in [0.1, 0.15) is 15.9 Å². The molecule has 0 saturated carbocycles. The highest BCUT2D eigenvalue weighted by Crippen LogP contribution is 2.31. The van der Waals surface area contributed by atoms with E-state index in [1.54, 1.807) is 23.1 Å². The van der Waals surface area contributed by atoms with Crippen molar-refractivity contribution in [1.82, 2.24) is 4.98 Å². The number of rotatable bonds is 4. The normalized spacial score (nSPS) is 10.9. The van der Waals surface area contributed by atoms with E-state index < -0.39 is 0 Å². The number of benzene rings is 3. The average molecular weight is 413 g/mol. The van der Waals surface area contributed by atoms with Gasteiger partial charge in [-0.15, -0.1) is 0 Å². The Bertz CT molecular complexity index is 1060. The van der Waals surface area contributed by atoms with Gasteiger partial charge in [0.25, 0.3) is 5.91 Å².